The molecular formula is C33H55NO2. The van der Waals surface area contributed by atoms with Crippen molar-refractivity contribution in [2.45, 2.75) is 126 Å². The number of ketones is 1. The van der Waals surface area contributed by atoms with Gasteiger partial charge in [-0.3, -0.25) is 4.79 Å². The zero-order valence-corrected chi connectivity index (χ0v) is 24.8. The summed E-state index contributed by atoms with van der Waals surface area (Å²) >= 11 is 0. The van der Waals surface area contributed by atoms with Gasteiger partial charge in [0.15, 0.2) is 0 Å². The number of amides is 1. The minimum absolute atomic E-state index is 0.233. The molecule has 0 aliphatic carbocycles. The molecule has 0 N–H and O–H groups in total. The third-order valence-corrected chi connectivity index (χ3v) is 6.59. The van der Waals surface area contributed by atoms with Crippen LogP contribution in [-0.4, -0.2) is 29.7 Å². The maximum Gasteiger partial charge on any atom is 0.222 e. The van der Waals surface area contributed by atoms with Crippen LogP contribution in [0.2, 0.25) is 0 Å². The van der Waals surface area contributed by atoms with Crippen LogP contribution < -0.4 is 0 Å². The molecule has 0 saturated heterocycles. The van der Waals surface area contributed by atoms with Crippen molar-refractivity contribution in [2.75, 3.05) is 13.1 Å². The molecule has 3 heteroatoms. The van der Waals surface area contributed by atoms with Crippen molar-refractivity contribution in [3.05, 3.63) is 58.2 Å². The van der Waals surface area contributed by atoms with Gasteiger partial charge in [0.25, 0.3) is 0 Å². The van der Waals surface area contributed by atoms with E-state index in [4.69, 9.17) is 0 Å². The van der Waals surface area contributed by atoms with Crippen molar-refractivity contribution in [2.24, 2.45) is 0 Å². The number of rotatable bonds is 19. The summed E-state index contributed by atoms with van der Waals surface area (Å²) < 4.78 is 0. The Bertz CT molecular complexity index is 808. The van der Waals surface area contributed by atoms with Gasteiger partial charge in [0.2, 0.25) is 5.91 Å². The van der Waals surface area contributed by atoms with Crippen molar-refractivity contribution >= 4 is 11.7 Å². The molecule has 0 aliphatic heterocycles. The zero-order chi connectivity index (χ0) is 27.3. The molecule has 0 radical (unpaired) electrons. The zero-order valence-electron chi connectivity index (χ0n) is 24.8. The Labute approximate surface area is 223 Å². The largest absolute Gasteiger partial charge is 0.339 e. The standard InChI is InChI=1S/C33H55NO2/c1-9-33(36)34(10-2)26-31(7)24-14-22-29(5)20-12-18-27(3)16-11-17-28(4)19-13-21-30(6)23-15-25-32(8)35/h16,19-20,23-24H,9-15,17-18,21-22,25-26H2,1-8H3/b27-16+,28-19+,29-20+,30-23+,31-24+. The summed E-state index contributed by atoms with van der Waals surface area (Å²) in [5, 5.41) is 0. The average Bonchev–Trinajstić information content (AvgIpc) is 2.81. The molecule has 0 atom stereocenters. The quantitative estimate of drug-likeness (QED) is 0.167. The summed E-state index contributed by atoms with van der Waals surface area (Å²) in [6.45, 7) is 18.2. The van der Waals surface area contributed by atoms with E-state index in [-0.39, 0.29) is 11.7 Å². The Morgan fingerprint density at radius 1 is 0.528 bits per heavy atom. The number of carbonyl (C=O) groups excluding carboxylic acids is 2. The van der Waals surface area contributed by atoms with Crippen molar-refractivity contribution < 1.29 is 9.59 Å². The SMILES string of the molecule is CCC(=O)N(CC)C/C(C)=C/CC/C(C)=C/CC/C(C)=C/CC/C(C)=C/CC/C(C)=C/CCC(C)=O. The molecule has 0 saturated carbocycles. The number of hydrogen-bond acceptors (Lipinski definition) is 2. The molecule has 0 aliphatic rings. The highest BCUT2D eigenvalue weighted by Gasteiger charge is 2.08. The molecule has 0 aromatic rings. The third kappa shape index (κ3) is 19.1. The van der Waals surface area contributed by atoms with Crippen molar-refractivity contribution in [1.82, 2.24) is 4.90 Å². The molecule has 204 valence electrons. The minimum Gasteiger partial charge on any atom is -0.339 e. The van der Waals surface area contributed by atoms with Gasteiger partial charge in [-0.05, 0) is 106 Å². The molecule has 0 fully saturated rings. The Kier molecular flexibility index (Phi) is 19.7. The third-order valence-electron chi connectivity index (χ3n) is 6.59. The highest BCUT2D eigenvalue weighted by molar-refractivity contribution is 5.76. The number of allylic oxidation sites excluding steroid dienone is 9. The van der Waals surface area contributed by atoms with Crippen molar-refractivity contribution in [3.63, 3.8) is 0 Å². The first kappa shape index (κ1) is 33.8. The van der Waals surface area contributed by atoms with E-state index in [1.807, 2.05) is 18.7 Å². The molecule has 0 rings (SSSR count). The lowest BCUT2D eigenvalue weighted by molar-refractivity contribution is -0.130. The summed E-state index contributed by atoms with van der Waals surface area (Å²) in [5.74, 6) is 0.501. The lowest BCUT2D eigenvalue weighted by Crippen LogP contribution is -2.31. The summed E-state index contributed by atoms with van der Waals surface area (Å²) in [4.78, 5) is 24.9. The van der Waals surface area contributed by atoms with Crippen LogP contribution in [0.4, 0.5) is 0 Å². The van der Waals surface area contributed by atoms with Crippen LogP contribution in [0.5, 0.6) is 0 Å². The lowest BCUT2D eigenvalue weighted by atomic mass is 10.0. The smallest absolute Gasteiger partial charge is 0.222 e. The number of Topliss-reactive ketones (excluding diaryl/α,β-unsaturated/α-hetero) is 1. The molecule has 0 spiro atoms. The second-order valence-electron chi connectivity index (χ2n) is 10.4. The molecular weight excluding hydrogens is 442 g/mol. The van der Waals surface area contributed by atoms with Crippen LogP contribution in [0.15, 0.2) is 58.2 Å². The topological polar surface area (TPSA) is 37.4 Å². The Hall–Kier alpha value is -2.16. The average molecular weight is 498 g/mol. The van der Waals surface area contributed by atoms with Gasteiger partial charge >= 0.3 is 0 Å². The fraction of sp³-hybridized carbons (Fsp3) is 0.636. The molecule has 0 heterocycles. The van der Waals surface area contributed by atoms with E-state index < -0.39 is 0 Å². The van der Waals surface area contributed by atoms with Crippen LogP contribution in [0.3, 0.4) is 0 Å². The lowest BCUT2D eigenvalue weighted by Gasteiger charge is -2.20. The summed E-state index contributed by atoms with van der Waals surface area (Å²) in [5.41, 5.74) is 7.07. The van der Waals surface area contributed by atoms with Crippen LogP contribution >= 0.6 is 0 Å². The van der Waals surface area contributed by atoms with E-state index in [9.17, 15) is 9.59 Å². The van der Waals surface area contributed by atoms with Crippen LogP contribution in [0.25, 0.3) is 0 Å². The summed E-state index contributed by atoms with van der Waals surface area (Å²) in [6.07, 6.45) is 22.5. The van der Waals surface area contributed by atoms with Gasteiger partial charge in [0, 0.05) is 25.9 Å². The first-order valence-corrected chi connectivity index (χ1v) is 14.1. The molecule has 0 bridgehead atoms. The number of likely N-dealkylation sites (N-methyl/N-ethyl adjacent to an activating group) is 1. The monoisotopic (exact) mass is 497 g/mol. The van der Waals surface area contributed by atoms with E-state index in [0.717, 1.165) is 70.9 Å². The summed E-state index contributed by atoms with van der Waals surface area (Å²) in [7, 11) is 0. The molecule has 1 amide bonds. The predicted octanol–water partition coefficient (Wildman–Crippen LogP) is 9.47. The second-order valence-corrected chi connectivity index (χ2v) is 10.4. The van der Waals surface area contributed by atoms with Gasteiger partial charge in [-0.2, -0.15) is 0 Å². The summed E-state index contributed by atoms with van der Waals surface area (Å²) in [6, 6.07) is 0. The van der Waals surface area contributed by atoms with Gasteiger partial charge in [-0.15, -0.1) is 0 Å². The Balaban J connectivity index is 4.23. The Morgan fingerprint density at radius 2 is 0.861 bits per heavy atom. The van der Waals surface area contributed by atoms with Gasteiger partial charge in [-0.1, -0.05) is 65.2 Å². The second kappa shape index (κ2) is 21.0. The van der Waals surface area contributed by atoms with Crippen LogP contribution in [0, 0.1) is 0 Å². The predicted molar refractivity (Wildman–Crippen MR) is 158 cm³/mol. The van der Waals surface area contributed by atoms with Crippen molar-refractivity contribution in [3.8, 4) is 0 Å². The molecule has 3 nitrogen and oxygen atoms in total. The molecule has 36 heavy (non-hydrogen) atoms. The molecule has 0 aromatic heterocycles. The number of nitrogens with zero attached hydrogens (tertiary/aromatic N) is 1. The molecule has 0 aromatic carbocycles. The van der Waals surface area contributed by atoms with E-state index in [1.54, 1.807) is 6.92 Å². The highest BCUT2D eigenvalue weighted by atomic mass is 16.2. The van der Waals surface area contributed by atoms with Gasteiger partial charge < -0.3 is 9.69 Å². The maximum atomic E-state index is 11.9. The van der Waals surface area contributed by atoms with Gasteiger partial charge in [0.1, 0.15) is 5.78 Å². The fourth-order valence-corrected chi connectivity index (χ4v) is 4.08. The minimum atomic E-state index is 0.233. The van der Waals surface area contributed by atoms with Gasteiger partial charge in [0.05, 0.1) is 0 Å². The normalized spacial score (nSPS) is 13.8. The fourth-order valence-electron chi connectivity index (χ4n) is 4.08. The molecule has 0 unspecified atom stereocenters. The highest BCUT2D eigenvalue weighted by Crippen LogP contribution is 2.15. The number of hydrogen-bond donors (Lipinski definition) is 0. The first-order valence-electron chi connectivity index (χ1n) is 14.1. The van der Waals surface area contributed by atoms with Crippen molar-refractivity contribution in [1.29, 1.82) is 0 Å². The maximum absolute atomic E-state index is 11.9. The van der Waals surface area contributed by atoms with E-state index >= 15 is 0 Å². The van der Waals surface area contributed by atoms with E-state index in [1.165, 1.54) is 27.9 Å². The first-order chi connectivity index (χ1) is 17.1. The van der Waals surface area contributed by atoms with E-state index in [0.29, 0.717) is 12.8 Å². The number of carbonyl (C=O) groups is 2. The van der Waals surface area contributed by atoms with Crippen LogP contribution in [0.1, 0.15) is 126 Å². The van der Waals surface area contributed by atoms with Gasteiger partial charge in [-0.25, -0.2) is 0 Å². The van der Waals surface area contributed by atoms with Crippen LogP contribution in [-0.2, 0) is 9.59 Å². The Morgan fingerprint density at radius 3 is 1.17 bits per heavy atom. The van der Waals surface area contributed by atoms with E-state index in [2.05, 4.69) is 65.0 Å².